The monoisotopic (exact) mass is 1060 g/mol. The van der Waals surface area contributed by atoms with Gasteiger partial charge in [-0.1, -0.05) is 270 Å². The molecule has 77 heavy (non-hydrogen) atoms. The van der Waals surface area contributed by atoms with Crippen LogP contribution < -0.4 is 9.13 Å². The van der Waals surface area contributed by atoms with Crippen molar-refractivity contribution in [2.24, 2.45) is 0 Å². The number of aromatic nitrogens is 4. The number of allylic oxidation sites excluding steroid dienone is 4. The Kier molecular flexibility index (Phi) is 36.8. The predicted molar refractivity (Wildman–Crippen MR) is 342 cm³/mol. The Morgan fingerprint density at radius 2 is 0.623 bits per heavy atom. The summed E-state index contributed by atoms with van der Waals surface area (Å²) in [6.45, 7) is 20.7. The number of aryl methyl sites for hydroxylation is 2. The van der Waals surface area contributed by atoms with Gasteiger partial charge in [0, 0.05) is 6.42 Å². The highest BCUT2D eigenvalue weighted by molar-refractivity contribution is 5.80. The minimum atomic E-state index is 0.414. The van der Waals surface area contributed by atoms with Crippen molar-refractivity contribution in [1.82, 2.24) is 9.13 Å². The van der Waals surface area contributed by atoms with Crippen LogP contribution in [0.1, 0.15) is 355 Å². The Bertz CT molecular complexity index is 1970. The SMILES string of the molecule is CCCCCCCCCCC/C=C(\CCCCCCCCCCCC)c1ccc2c(c1)n(CCCn1c[n+](C(C)C)c3ccc(/C(=C/CCCCCCCCCCC)CCCCCCCCCCCC)cc31)c[n+]2C(C)C. The molecule has 436 valence electrons. The van der Waals surface area contributed by atoms with Gasteiger partial charge in [0.25, 0.3) is 0 Å². The Labute approximate surface area is 478 Å². The van der Waals surface area contributed by atoms with Crippen molar-refractivity contribution in [3.63, 3.8) is 0 Å². The van der Waals surface area contributed by atoms with Gasteiger partial charge in [-0.3, -0.25) is 0 Å². The summed E-state index contributed by atoms with van der Waals surface area (Å²) in [7, 11) is 0. The largest absolute Gasteiger partial charge is 0.244 e. The van der Waals surface area contributed by atoms with Crippen molar-refractivity contribution in [1.29, 1.82) is 0 Å². The van der Waals surface area contributed by atoms with Gasteiger partial charge in [0.05, 0.1) is 25.2 Å². The molecule has 0 aliphatic heterocycles. The molecule has 0 saturated heterocycles. The van der Waals surface area contributed by atoms with Gasteiger partial charge >= 0.3 is 0 Å². The van der Waals surface area contributed by atoms with E-state index in [-0.39, 0.29) is 0 Å². The first kappa shape index (κ1) is 66.4. The molecule has 0 aliphatic rings. The summed E-state index contributed by atoms with van der Waals surface area (Å²) in [6.07, 6.45) is 69.0. The molecule has 2 aromatic heterocycles. The molecular weight excluding hydrogens is 933 g/mol. The number of unbranched alkanes of at least 4 members (excludes halogenated alkanes) is 36. The van der Waals surface area contributed by atoms with E-state index in [0.717, 1.165) is 19.5 Å². The molecule has 0 aliphatic carbocycles. The molecule has 4 aromatic rings. The third kappa shape index (κ3) is 26.8. The number of benzene rings is 2. The van der Waals surface area contributed by atoms with Crippen LogP contribution in [0.25, 0.3) is 33.2 Å². The highest BCUT2D eigenvalue weighted by atomic mass is 15.2. The van der Waals surface area contributed by atoms with Crippen LogP contribution in [0.3, 0.4) is 0 Å². The van der Waals surface area contributed by atoms with Gasteiger partial charge in [0.1, 0.15) is 0 Å². The molecule has 0 radical (unpaired) electrons. The van der Waals surface area contributed by atoms with E-state index in [1.807, 2.05) is 0 Å². The molecule has 0 amide bonds. The first-order valence-corrected chi connectivity index (χ1v) is 34.3. The zero-order valence-electron chi connectivity index (χ0n) is 52.5. The van der Waals surface area contributed by atoms with E-state index in [2.05, 4.69) is 135 Å². The number of nitrogens with zero attached hydrogens (tertiary/aromatic N) is 4. The second-order valence-electron chi connectivity index (χ2n) is 24.9. The average molecular weight is 1060 g/mol. The van der Waals surface area contributed by atoms with Crippen LogP contribution >= 0.6 is 0 Å². The Balaban J connectivity index is 1.50. The summed E-state index contributed by atoms with van der Waals surface area (Å²) < 4.78 is 10.2. The lowest BCUT2D eigenvalue weighted by Gasteiger charge is -2.10. The lowest BCUT2D eigenvalue weighted by molar-refractivity contribution is -0.692. The van der Waals surface area contributed by atoms with Gasteiger partial charge in [0.2, 0.25) is 12.7 Å². The minimum Gasteiger partial charge on any atom is -0.230 e. The van der Waals surface area contributed by atoms with Crippen LogP contribution in [-0.2, 0) is 13.1 Å². The first-order chi connectivity index (χ1) is 37.8. The van der Waals surface area contributed by atoms with Crippen molar-refractivity contribution in [3.05, 3.63) is 72.3 Å². The van der Waals surface area contributed by atoms with Gasteiger partial charge in [-0.2, -0.15) is 0 Å². The highest BCUT2D eigenvalue weighted by Crippen LogP contribution is 2.30. The van der Waals surface area contributed by atoms with Gasteiger partial charge < -0.3 is 0 Å². The Morgan fingerprint density at radius 1 is 0.351 bits per heavy atom. The van der Waals surface area contributed by atoms with Gasteiger partial charge in [-0.05, 0) is 126 Å². The van der Waals surface area contributed by atoms with Crippen molar-refractivity contribution >= 4 is 33.2 Å². The van der Waals surface area contributed by atoms with E-state index in [1.54, 1.807) is 11.1 Å². The van der Waals surface area contributed by atoms with Crippen LogP contribution in [0.5, 0.6) is 0 Å². The standard InChI is InChI=1S/C73H126N4/c1-9-13-17-21-25-29-33-37-41-45-50-66(51-46-42-38-34-30-26-22-18-14-10-2)68-54-56-70-72(60-68)74(62-76(70)64(5)6)58-49-59-75-63-77(65(7)8)71-57-55-69(61-73(71)75)67(52-47-43-39-35-31-27-23-19-15-11-3)53-48-44-40-36-32-28-24-20-16-12-4/h50,52,54-57,60-65H,9-49,51,53,58-59H2,1-8H3/q+2/b66-50+,67-52+. The normalized spacial score (nSPS) is 12.5. The third-order valence-electron chi connectivity index (χ3n) is 17.3. The van der Waals surface area contributed by atoms with E-state index >= 15 is 0 Å². The molecule has 4 heteroatoms. The summed E-state index contributed by atoms with van der Waals surface area (Å²) >= 11 is 0. The molecule has 0 atom stereocenters. The molecule has 0 N–H and O–H groups in total. The Hall–Kier alpha value is -3.14. The fourth-order valence-electron chi connectivity index (χ4n) is 12.3. The van der Waals surface area contributed by atoms with Gasteiger partial charge in [0.15, 0.2) is 22.1 Å². The van der Waals surface area contributed by atoms with Crippen LogP contribution in [-0.4, -0.2) is 9.13 Å². The van der Waals surface area contributed by atoms with Gasteiger partial charge in [-0.25, -0.2) is 18.3 Å². The quantitative estimate of drug-likeness (QED) is 0.0310. The number of hydrogen-bond donors (Lipinski definition) is 0. The van der Waals surface area contributed by atoms with Crippen molar-refractivity contribution < 1.29 is 9.13 Å². The fraction of sp³-hybridized carbons (Fsp3) is 0.753. The molecular formula is C73H126N4+2. The minimum absolute atomic E-state index is 0.414. The molecule has 0 bridgehead atoms. The summed E-state index contributed by atoms with van der Waals surface area (Å²) in [5, 5.41) is 0. The zero-order chi connectivity index (χ0) is 55.0. The van der Waals surface area contributed by atoms with Crippen LogP contribution in [0.15, 0.2) is 61.2 Å². The first-order valence-electron chi connectivity index (χ1n) is 34.3. The number of fused-ring (bicyclic) bond motifs is 2. The van der Waals surface area contributed by atoms with E-state index in [1.165, 1.54) is 303 Å². The summed E-state index contributed by atoms with van der Waals surface area (Å²) in [6, 6.07) is 15.8. The zero-order valence-corrected chi connectivity index (χ0v) is 52.5. The number of imidazole rings is 2. The van der Waals surface area contributed by atoms with Crippen LogP contribution in [0, 0.1) is 0 Å². The van der Waals surface area contributed by atoms with Crippen LogP contribution in [0.4, 0.5) is 0 Å². The maximum Gasteiger partial charge on any atom is 0.244 e. The predicted octanol–water partition coefficient (Wildman–Crippen LogP) is 23.7. The Morgan fingerprint density at radius 3 is 0.909 bits per heavy atom. The molecule has 4 nitrogen and oxygen atoms in total. The topological polar surface area (TPSA) is 17.6 Å². The van der Waals surface area contributed by atoms with Crippen molar-refractivity contribution in [2.45, 2.75) is 357 Å². The number of rotatable bonds is 50. The van der Waals surface area contributed by atoms with E-state index < -0.39 is 0 Å². The number of hydrogen-bond acceptors (Lipinski definition) is 0. The molecule has 0 spiro atoms. The van der Waals surface area contributed by atoms with E-state index in [9.17, 15) is 0 Å². The third-order valence-corrected chi connectivity index (χ3v) is 17.3. The molecule has 0 unspecified atom stereocenters. The highest BCUT2D eigenvalue weighted by Gasteiger charge is 2.22. The molecule has 0 fully saturated rings. The van der Waals surface area contributed by atoms with Crippen molar-refractivity contribution in [3.8, 4) is 0 Å². The maximum atomic E-state index is 2.66. The smallest absolute Gasteiger partial charge is 0.230 e. The van der Waals surface area contributed by atoms with Crippen molar-refractivity contribution in [2.75, 3.05) is 0 Å². The summed E-state index contributed by atoms with van der Waals surface area (Å²) in [5.41, 5.74) is 11.7. The maximum absolute atomic E-state index is 2.66. The van der Waals surface area contributed by atoms with E-state index in [4.69, 9.17) is 0 Å². The van der Waals surface area contributed by atoms with Crippen LogP contribution in [0.2, 0.25) is 0 Å². The molecule has 2 aromatic carbocycles. The summed E-state index contributed by atoms with van der Waals surface area (Å²) in [4.78, 5) is 0. The molecule has 2 heterocycles. The second kappa shape index (κ2) is 42.7. The second-order valence-corrected chi connectivity index (χ2v) is 24.9. The lowest BCUT2D eigenvalue weighted by Crippen LogP contribution is -2.34. The van der Waals surface area contributed by atoms with Gasteiger partial charge in [-0.15, -0.1) is 0 Å². The lowest BCUT2D eigenvalue weighted by atomic mass is 9.96. The summed E-state index contributed by atoms with van der Waals surface area (Å²) in [5.74, 6) is 0. The fourth-order valence-corrected chi connectivity index (χ4v) is 12.3. The van der Waals surface area contributed by atoms with E-state index in [0.29, 0.717) is 12.1 Å². The molecule has 0 saturated carbocycles. The average Bonchev–Trinajstić information content (AvgIpc) is 4.07. The molecule has 4 rings (SSSR count).